The molecular formula is C20H26N6O2S. The van der Waals surface area contributed by atoms with Gasteiger partial charge in [0.05, 0.1) is 5.39 Å². The van der Waals surface area contributed by atoms with Crippen LogP contribution in [0.5, 0.6) is 0 Å². The SMILES string of the molecule is Cc1noc(CCCNC(=O)C2CCN(c3ncnc4sc(C)c(C)c34)CC2)n1. The number of hydrogen-bond donors (Lipinski definition) is 1. The first-order chi connectivity index (χ1) is 14.0. The van der Waals surface area contributed by atoms with Gasteiger partial charge in [0.1, 0.15) is 17.0 Å². The molecule has 1 aliphatic rings. The third-order valence-electron chi connectivity index (χ3n) is 5.55. The number of amides is 1. The molecule has 4 rings (SSSR count). The number of carbonyl (C=O) groups excluding carboxylic acids is 1. The molecule has 0 bridgehead atoms. The zero-order chi connectivity index (χ0) is 20.4. The molecule has 4 heterocycles. The Morgan fingerprint density at radius 3 is 2.79 bits per heavy atom. The van der Waals surface area contributed by atoms with Crippen LogP contribution in [0.4, 0.5) is 5.82 Å². The lowest BCUT2D eigenvalue weighted by Gasteiger charge is -2.32. The van der Waals surface area contributed by atoms with Gasteiger partial charge in [-0.15, -0.1) is 11.3 Å². The van der Waals surface area contributed by atoms with Crippen LogP contribution in [-0.2, 0) is 11.2 Å². The summed E-state index contributed by atoms with van der Waals surface area (Å²) in [4.78, 5) is 30.3. The van der Waals surface area contributed by atoms with Gasteiger partial charge < -0.3 is 14.7 Å². The second kappa shape index (κ2) is 8.44. The Kier molecular flexibility index (Phi) is 5.75. The molecule has 0 radical (unpaired) electrons. The van der Waals surface area contributed by atoms with Crippen molar-refractivity contribution in [3.05, 3.63) is 28.5 Å². The maximum Gasteiger partial charge on any atom is 0.226 e. The molecule has 9 heteroatoms. The topological polar surface area (TPSA) is 97.0 Å². The smallest absolute Gasteiger partial charge is 0.226 e. The van der Waals surface area contributed by atoms with Gasteiger partial charge in [-0.25, -0.2) is 9.97 Å². The highest BCUT2D eigenvalue weighted by Crippen LogP contribution is 2.35. The first kappa shape index (κ1) is 19.8. The number of thiophene rings is 1. The molecule has 1 N–H and O–H groups in total. The lowest BCUT2D eigenvalue weighted by atomic mass is 9.95. The van der Waals surface area contributed by atoms with Crippen LogP contribution in [0.2, 0.25) is 0 Å². The standard InChI is InChI=1S/C20H26N6O2S/c1-12-13(2)29-20-17(12)18(22-11-23-20)26-9-6-15(7-10-26)19(27)21-8-4-5-16-24-14(3)25-28-16/h11,15H,4-10H2,1-3H3,(H,21,27). The summed E-state index contributed by atoms with van der Waals surface area (Å²) in [7, 11) is 0. The molecule has 1 amide bonds. The fourth-order valence-corrected chi connectivity index (χ4v) is 4.79. The molecule has 0 aliphatic carbocycles. The Morgan fingerprint density at radius 1 is 1.28 bits per heavy atom. The molecule has 1 aliphatic heterocycles. The van der Waals surface area contributed by atoms with Crippen LogP contribution in [0.3, 0.4) is 0 Å². The highest BCUT2D eigenvalue weighted by molar-refractivity contribution is 7.18. The molecule has 8 nitrogen and oxygen atoms in total. The fraction of sp³-hybridized carbons (Fsp3) is 0.550. The third-order valence-corrected chi connectivity index (χ3v) is 6.66. The van der Waals surface area contributed by atoms with Crippen molar-refractivity contribution in [3.63, 3.8) is 0 Å². The van der Waals surface area contributed by atoms with Crippen LogP contribution in [0.1, 0.15) is 41.4 Å². The molecule has 0 atom stereocenters. The number of rotatable bonds is 6. The van der Waals surface area contributed by atoms with E-state index in [4.69, 9.17) is 4.52 Å². The van der Waals surface area contributed by atoms with Gasteiger partial charge in [0.15, 0.2) is 5.82 Å². The van der Waals surface area contributed by atoms with E-state index in [2.05, 4.69) is 44.2 Å². The van der Waals surface area contributed by atoms with Crippen LogP contribution < -0.4 is 10.2 Å². The first-order valence-electron chi connectivity index (χ1n) is 10.1. The Hall–Kier alpha value is -2.55. The van der Waals surface area contributed by atoms with Gasteiger partial charge in [0.2, 0.25) is 11.8 Å². The molecule has 29 heavy (non-hydrogen) atoms. The van der Waals surface area contributed by atoms with Crippen molar-refractivity contribution in [3.8, 4) is 0 Å². The summed E-state index contributed by atoms with van der Waals surface area (Å²) in [5.74, 6) is 2.47. The van der Waals surface area contributed by atoms with E-state index in [0.29, 0.717) is 24.7 Å². The van der Waals surface area contributed by atoms with Crippen molar-refractivity contribution in [2.24, 2.45) is 5.92 Å². The molecule has 0 unspecified atom stereocenters. The summed E-state index contributed by atoms with van der Waals surface area (Å²) < 4.78 is 5.09. The highest BCUT2D eigenvalue weighted by Gasteiger charge is 2.27. The molecular weight excluding hydrogens is 388 g/mol. The van der Waals surface area contributed by atoms with Gasteiger partial charge in [-0.05, 0) is 45.6 Å². The Labute approximate surface area is 173 Å². The second-order valence-corrected chi connectivity index (χ2v) is 8.76. The van der Waals surface area contributed by atoms with E-state index in [-0.39, 0.29) is 11.8 Å². The van der Waals surface area contributed by atoms with Gasteiger partial charge >= 0.3 is 0 Å². The Morgan fingerprint density at radius 2 is 2.07 bits per heavy atom. The lowest BCUT2D eigenvalue weighted by molar-refractivity contribution is -0.125. The Bertz CT molecular complexity index is 1010. The number of hydrogen-bond acceptors (Lipinski definition) is 8. The van der Waals surface area contributed by atoms with E-state index in [1.54, 1.807) is 24.6 Å². The van der Waals surface area contributed by atoms with Gasteiger partial charge in [-0.2, -0.15) is 4.98 Å². The predicted octanol–water partition coefficient (Wildman–Crippen LogP) is 2.96. The molecule has 1 saturated heterocycles. The molecule has 0 aromatic carbocycles. The van der Waals surface area contributed by atoms with Crippen molar-refractivity contribution in [2.45, 2.75) is 46.5 Å². The average molecular weight is 415 g/mol. The molecule has 3 aromatic heterocycles. The average Bonchev–Trinajstić information content (AvgIpc) is 3.27. The third kappa shape index (κ3) is 4.24. The van der Waals surface area contributed by atoms with Crippen molar-refractivity contribution in [2.75, 3.05) is 24.5 Å². The number of aromatic nitrogens is 4. The number of nitrogens with zero attached hydrogens (tertiary/aromatic N) is 5. The summed E-state index contributed by atoms with van der Waals surface area (Å²) in [6, 6.07) is 0. The minimum absolute atomic E-state index is 0.0551. The van der Waals surface area contributed by atoms with Crippen LogP contribution in [0, 0.1) is 26.7 Å². The number of nitrogens with one attached hydrogen (secondary N) is 1. The summed E-state index contributed by atoms with van der Waals surface area (Å²) >= 11 is 1.72. The molecule has 0 saturated carbocycles. The summed E-state index contributed by atoms with van der Waals surface area (Å²) in [5, 5.41) is 7.99. The predicted molar refractivity (Wildman–Crippen MR) is 112 cm³/mol. The number of fused-ring (bicyclic) bond motifs is 1. The number of piperidine rings is 1. The van der Waals surface area contributed by atoms with Gasteiger partial charge in [-0.1, -0.05) is 5.16 Å². The van der Waals surface area contributed by atoms with Crippen molar-refractivity contribution in [1.82, 2.24) is 25.4 Å². The van der Waals surface area contributed by atoms with Crippen LogP contribution >= 0.6 is 11.3 Å². The first-order valence-corrected chi connectivity index (χ1v) is 10.9. The van der Waals surface area contributed by atoms with Gasteiger partial charge in [-0.3, -0.25) is 4.79 Å². The van der Waals surface area contributed by atoms with E-state index in [9.17, 15) is 4.79 Å². The van der Waals surface area contributed by atoms with Gasteiger partial charge in [0.25, 0.3) is 0 Å². The van der Waals surface area contributed by atoms with Gasteiger partial charge in [0, 0.05) is 36.9 Å². The van der Waals surface area contributed by atoms with Crippen molar-refractivity contribution in [1.29, 1.82) is 0 Å². The molecule has 1 fully saturated rings. The van der Waals surface area contributed by atoms with E-state index in [1.807, 2.05) is 0 Å². The quantitative estimate of drug-likeness (QED) is 0.619. The minimum atomic E-state index is 0.0551. The largest absolute Gasteiger partial charge is 0.356 e. The summed E-state index contributed by atoms with van der Waals surface area (Å²) in [5.41, 5.74) is 1.26. The second-order valence-electron chi connectivity index (χ2n) is 7.55. The van der Waals surface area contributed by atoms with E-state index in [1.165, 1.54) is 10.4 Å². The highest BCUT2D eigenvalue weighted by atomic mass is 32.1. The van der Waals surface area contributed by atoms with E-state index < -0.39 is 0 Å². The van der Waals surface area contributed by atoms with Crippen molar-refractivity contribution >= 4 is 33.3 Å². The number of anilines is 1. The Balaban J connectivity index is 1.28. The fourth-order valence-electron chi connectivity index (χ4n) is 3.79. The lowest BCUT2D eigenvalue weighted by Crippen LogP contribution is -2.41. The monoisotopic (exact) mass is 414 g/mol. The normalized spacial score (nSPS) is 15.2. The summed E-state index contributed by atoms with van der Waals surface area (Å²) in [6.45, 7) is 8.35. The molecule has 0 spiro atoms. The molecule has 154 valence electrons. The minimum Gasteiger partial charge on any atom is -0.356 e. The van der Waals surface area contributed by atoms with Crippen LogP contribution in [0.15, 0.2) is 10.9 Å². The van der Waals surface area contributed by atoms with Crippen LogP contribution in [-0.4, -0.2) is 45.7 Å². The zero-order valence-corrected chi connectivity index (χ0v) is 17.9. The van der Waals surface area contributed by atoms with Crippen LogP contribution in [0.25, 0.3) is 10.2 Å². The number of aryl methyl sites for hydroxylation is 4. The maximum atomic E-state index is 12.5. The van der Waals surface area contributed by atoms with E-state index >= 15 is 0 Å². The van der Waals surface area contributed by atoms with Crippen molar-refractivity contribution < 1.29 is 9.32 Å². The summed E-state index contributed by atoms with van der Waals surface area (Å²) in [6.07, 6.45) is 4.80. The molecule has 3 aromatic rings. The van der Waals surface area contributed by atoms with E-state index in [0.717, 1.165) is 48.4 Å². The maximum absolute atomic E-state index is 12.5. The zero-order valence-electron chi connectivity index (χ0n) is 17.1. The number of carbonyl (C=O) groups is 1.